The van der Waals surface area contributed by atoms with E-state index >= 15 is 0 Å². The van der Waals surface area contributed by atoms with Crippen molar-refractivity contribution in [1.82, 2.24) is 5.32 Å². The number of hydrogen-bond donors (Lipinski definition) is 6. The van der Waals surface area contributed by atoms with Crippen LogP contribution in [0.3, 0.4) is 0 Å². The molecule has 0 saturated heterocycles. The van der Waals surface area contributed by atoms with Gasteiger partial charge in [0, 0.05) is 49.1 Å². The zero-order valence-electron chi connectivity index (χ0n) is 30.5. The van der Waals surface area contributed by atoms with Crippen molar-refractivity contribution in [2.45, 2.75) is 173 Å². The van der Waals surface area contributed by atoms with E-state index in [1.54, 1.807) is 0 Å². The Labute approximate surface area is 329 Å². The molecule has 6 rings (SSSR count). The summed E-state index contributed by atoms with van der Waals surface area (Å²) < 4.78 is 109. The summed E-state index contributed by atoms with van der Waals surface area (Å²) in [6, 6.07) is -2.29. The maximum absolute atomic E-state index is 12.6. The van der Waals surface area contributed by atoms with Crippen LogP contribution >= 0.6 is 0 Å². The predicted octanol–water partition coefficient (Wildman–Crippen LogP) is 2.98. The number of hydrogen-bond acceptors (Lipinski definition) is 14. The first-order chi connectivity index (χ1) is 24.9. The van der Waals surface area contributed by atoms with E-state index in [2.05, 4.69) is 25.8 Å². The molecule has 0 aliphatic heterocycles. The van der Waals surface area contributed by atoms with Gasteiger partial charge in [-0.1, -0.05) is 19.3 Å². The van der Waals surface area contributed by atoms with Gasteiger partial charge in [0.1, 0.15) is 11.3 Å². The number of methoxy groups -OCH3 is 1. The standard InChI is InChI=1S/C33H57N5O12S3.Cu/c1-50-29-17-26(28(39)16-27(29)37-35-22-8-7-18-12-23(51(41,42)43)15-30(25(18)14-22)52(44,45)46)36-38-32-31(53(47,48)49)13-19-11-21(9-10-24(19)33(32)40)34-20-5-3-2-4-6-20;/h18-34,39-40H,2-17H2,1H3,(H,41,42,43)(H,44,45,46)(H,47,48,49);. The molecule has 0 aromatic carbocycles. The third-order valence-corrected chi connectivity index (χ3v) is 17.2. The molecule has 0 spiro atoms. The summed E-state index contributed by atoms with van der Waals surface area (Å²) in [5.41, 5.74) is 0. The SMILES string of the molecule is COC1CC(N=NC2C(O)C3CCC(NC4CCCCC4)CC3CC2S(=O)(=O)O)C(O)CC1N=NC1CCC2CC(S(=O)(=O)O)CC(S(=O)(=O)O)C2C1.[Cu]. The van der Waals surface area contributed by atoms with Crippen molar-refractivity contribution < 1.29 is 70.9 Å². The molecule has 0 aromatic heterocycles. The first-order valence-electron chi connectivity index (χ1n) is 19.3. The third-order valence-electron chi connectivity index (χ3n) is 13.4. The molecule has 6 aliphatic rings. The van der Waals surface area contributed by atoms with Crippen LogP contribution in [0.1, 0.15) is 103 Å². The van der Waals surface area contributed by atoms with E-state index in [-0.39, 0.29) is 73.0 Å². The zero-order chi connectivity index (χ0) is 38.3. The largest absolute Gasteiger partial charge is 0.391 e. The van der Waals surface area contributed by atoms with Crippen molar-refractivity contribution >= 4 is 30.4 Å². The smallest absolute Gasteiger partial charge is 0.270 e. The number of azo groups is 2. The van der Waals surface area contributed by atoms with Gasteiger partial charge in [0.2, 0.25) is 0 Å². The molecule has 0 amide bonds. The summed E-state index contributed by atoms with van der Waals surface area (Å²) in [7, 11) is -12.2. The quantitative estimate of drug-likeness (QED) is 0.105. The van der Waals surface area contributed by atoms with Gasteiger partial charge in [0.25, 0.3) is 30.4 Å². The number of nitrogens with zero attached hydrogens (tertiary/aromatic N) is 4. The van der Waals surface area contributed by atoms with Gasteiger partial charge in [-0.3, -0.25) is 13.7 Å². The summed E-state index contributed by atoms with van der Waals surface area (Å²) >= 11 is 0. The predicted molar refractivity (Wildman–Crippen MR) is 192 cm³/mol. The Hall–Kier alpha value is -0.711. The van der Waals surface area contributed by atoms with Gasteiger partial charge in [-0.15, -0.1) is 0 Å². The van der Waals surface area contributed by atoms with Crippen LogP contribution in [0.2, 0.25) is 0 Å². The minimum absolute atomic E-state index is 0. The van der Waals surface area contributed by atoms with Gasteiger partial charge < -0.3 is 20.3 Å². The van der Waals surface area contributed by atoms with Gasteiger partial charge in [-0.25, -0.2) is 0 Å². The Morgan fingerprint density at radius 3 is 1.93 bits per heavy atom. The zero-order valence-corrected chi connectivity index (χ0v) is 33.9. The van der Waals surface area contributed by atoms with Crippen molar-refractivity contribution in [2.75, 3.05) is 7.11 Å². The van der Waals surface area contributed by atoms with Crippen LogP contribution in [0.15, 0.2) is 20.5 Å². The van der Waals surface area contributed by atoms with E-state index in [9.17, 15) is 49.1 Å². The second-order valence-corrected chi connectivity index (χ2v) is 21.6. The fourth-order valence-electron chi connectivity index (χ4n) is 10.6. The Bertz CT molecular complexity index is 1670. The Balaban J connectivity index is 0.00000561. The molecule has 0 heterocycles. The van der Waals surface area contributed by atoms with E-state index < -0.39 is 101 Å². The van der Waals surface area contributed by atoms with Gasteiger partial charge in [-0.2, -0.15) is 45.7 Å². The summed E-state index contributed by atoms with van der Waals surface area (Å²) in [4.78, 5) is 0. The number of nitrogens with one attached hydrogen (secondary N) is 1. The van der Waals surface area contributed by atoms with Crippen LogP contribution in [-0.2, 0) is 52.2 Å². The molecule has 315 valence electrons. The summed E-state index contributed by atoms with van der Waals surface area (Å²) in [6.07, 6.45) is 6.77. The van der Waals surface area contributed by atoms with Gasteiger partial charge in [-0.05, 0) is 94.3 Å². The molecule has 6 aliphatic carbocycles. The van der Waals surface area contributed by atoms with E-state index in [4.69, 9.17) is 4.74 Å². The van der Waals surface area contributed by atoms with Crippen LogP contribution < -0.4 is 5.32 Å². The normalized spacial score (nSPS) is 43.0. The number of aliphatic hydroxyl groups excluding tert-OH is 2. The fourth-order valence-corrected chi connectivity index (χ4v) is 14.0. The topological polar surface area (TPSA) is 274 Å². The maximum atomic E-state index is 12.6. The number of fused-ring (bicyclic) bond motifs is 2. The minimum Gasteiger partial charge on any atom is -0.391 e. The molecule has 21 heteroatoms. The third kappa shape index (κ3) is 10.5. The molecule has 0 aromatic rings. The van der Waals surface area contributed by atoms with Crippen molar-refractivity contribution in [3.05, 3.63) is 0 Å². The summed E-state index contributed by atoms with van der Waals surface area (Å²) in [5.74, 6) is -1.18. The van der Waals surface area contributed by atoms with Crippen LogP contribution in [-0.4, -0.2) is 127 Å². The molecular formula is C33H57CuN5O12S3. The number of ether oxygens (including phenoxy) is 1. The van der Waals surface area contributed by atoms with E-state index in [1.807, 2.05) is 0 Å². The first kappa shape index (κ1) is 44.4. The van der Waals surface area contributed by atoms with E-state index in [0.29, 0.717) is 25.3 Å². The average Bonchev–Trinajstić information content (AvgIpc) is 3.09. The van der Waals surface area contributed by atoms with E-state index in [0.717, 1.165) is 25.7 Å². The summed E-state index contributed by atoms with van der Waals surface area (Å²) in [5, 5.41) is 40.0. The molecule has 1 radical (unpaired) electrons. The van der Waals surface area contributed by atoms with Crippen molar-refractivity contribution in [1.29, 1.82) is 0 Å². The van der Waals surface area contributed by atoms with E-state index in [1.165, 1.54) is 26.4 Å². The van der Waals surface area contributed by atoms with Crippen LogP contribution in [0.4, 0.5) is 0 Å². The second kappa shape index (κ2) is 18.1. The first-order valence-corrected chi connectivity index (χ1v) is 23.8. The van der Waals surface area contributed by atoms with Crippen molar-refractivity contribution in [3.63, 3.8) is 0 Å². The van der Waals surface area contributed by atoms with Gasteiger partial charge in [0.15, 0.2) is 0 Å². The van der Waals surface area contributed by atoms with Crippen LogP contribution in [0.25, 0.3) is 0 Å². The van der Waals surface area contributed by atoms with Crippen molar-refractivity contribution in [3.8, 4) is 0 Å². The molecule has 17 nitrogen and oxygen atoms in total. The number of aliphatic hydroxyl groups is 2. The molecule has 15 atom stereocenters. The van der Waals surface area contributed by atoms with Crippen LogP contribution in [0.5, 0.6) is 0 Å². The Morgan fingerprint density at radius 2 is 1.28 bits per heavy atom. The monoisotopic (exact) mass is 874 g/mol. The average molecular weight is 876 g/mol. The Kier molecular flexibility index (Phi) is 14.8. The summed E-state index contributed by atoms with van der Waals surface area (Å²) in [6.45, 7) is 0. The molecule has 6 saturated carbocycles. The van der Waals surface area contributed by atoms with Crippen LogP contribution in [0, 0.1) is 23.7 Å². The fraction of sp³-hybridized carbons (Fsp3) is 1.00. The Morgan fingerprint density at radius 1 is 0.593 bits per heavy atom. The molecular weight excluding hydrogens is 818 g/mol. The second-order valence-electron chi connectivity index (χ2n) is 16.7. The van der Waals surface area contributed by atoms with Gasteiger partial charge >= 0.3 is 0 Å². The molecule has 54 heavy (non-hydrogen) atoms. The molecule has 0 bridgehead atoms. The maximum Gasteiger partial charge on any atom is 0.270 e. The molecule has 6 N–H and O–H groups in total. The van der Waals surface area contributed by atoms with Crippen molar-refractivity contribution in [2.24, 2.45) is 44.1 Å². The number of rotatable bonds is 10. The molecule has 6 fully saturated rings. The van der Waals surface area contributed by atoms with Gasteiger partial charge in [0.05, 0.1) is 46.9 Å². The minimum atomic E-state index is -4.60. The molecule has 15 unspecified atom stereocenters.